The van der Waals surface area contributed by atoms with Crippen molar-refractivity contribution in [3.63, 3.8) is 0 Å². The van der Waals surface area contributed by atoms with E-state index in [4.69, 9.17) is 0 Å². The Morgan fingerprint density at radius 1 is 0.545 bits per heavy atom. The minimum Gasteiger partial charge on any atom is -0.0610 e. The van der Waals surface area contributed by atoms with Crippen molar-refractivity contribution in [3.8, 4) is 11.1 Å². The van der Waals surface area contributed by atoms with Gasteiger partial charge in [0.05, 0.1) is 0 Å². The zero-order chi connectivity index (χ0) is 15.1. The van der Waals surface area contributed by atoms with E-state index in [0.717, 1.165) is 8.95 Å². The summed E-state index contributed by atoms with van der Waals surface area (Å²) >= 11 is 7.08. The van der Waals surface area contributed by atoms with Crippen molar-refractivity contribution in [1.29, 1.82) is 0 Å². The maximum absolute atomic E-state index is 3.55. The van der Waals surface area contributed by atoms with Crippen LogP contribution in [0.1, 0.15) is 0 Å². The molecule has 4 aromatic carbocycles. The third-order valence-corrected chi connectivity index (χ3v) is 4.94. The lowest BCUT2D eigenvalue weighted by Gasteiger charge is -2.09. The van der Waals surface area contributed by atoms with E-state index in [0.29, 0.717) is 0 Å². The van der Waals surface area contributed by atoms with E-state index < -0.39 is 0 Å². The minimum atomic E-state index is 1.11. The van der Waals surface area contributed by atoms with Crippen molar-refractivity contribution in [2.75, 3.05) is 0 Å². The van der Waals surface area contributed by atoms with Gasteiger partial charge in [-0.1, -0.05) is 74.3 Å². The SMILES string of the molecule is Brc1ccc2cc(-c3cccc4cc(Br)ccc34)ccc2c1. The summed E-state index contributed by atoms with van der Waals surface area (Å²) in [7, 11) is 0. The van der Waals surface area contributed by atoms with Crippen LogP contribution in [0, 0.1) is 0 Å². The predicted octanol–water partition coefficient (Wildman–Crippen LogP) is 7.19. The first-order valence-electron chi connectivity index (χ1n) is 7.09. The molecule has 0 aliphatic carbocycles. The average Bonchev–Trinajstić information content (AvgIpc) is 2.53. The first-order chi connectivity index (χ1) is 10.7. The van der Waals surface area contributed by atoms with Gasteiger partial charge in [-0.15, -0.1) is 0 Å². The fraction of sp³-hybridized carbons (Fsp3) is 0. The molecule has 0 amide bonds. The monoisotopic (exact) mass is 410 g/mol. The quantitative estimate of drug-likeness (QED) is 0.311. The van der Waals surface area contributed by atoms with Gasteiger partial charge in [-0.3, -0.25) is 0 Å². The van der Waals surface area contributed by atoms with E-state index in [2.05, 4.69) is 105 Å². The highest BCUT2D eigenvalue weighted by Crippen LogP contribution is 2.32. The summed E-state index contributed by atoms with van der Waals surface area (Å²) in [6, 6.07) is 26.0. The standard InChI is InChI=1S/C20H12Br2/c21-17-7-6-13-10-16(5-4-14(13)11-17)19-3-1-2-15-12-18(22)8-9-20(15)19/h1-12H. The van der Waals surface area contributed by atoms with Gasteiger partial charge in [-0.25, -0.2) is 0 Å². The van der Waals surface area contributed by atoms with Gasteiger partial charge >= 0.3 is 0 Å². The van der Waals surface area contributed by atoms with Crippen LogP contribution in [-0.2, 0) is 0 Å². The van der Waals surface area contributed by atoms with E-state index in [1.807, 2.05) is 0 Å². The molecule has 0 saturated carbocycles. The molecule has 106 valence electrons. The molecule has 0 spiro atoms. The van der Waals surface area contributed by atoms with Gasteiger partial charge in [0.1, 0.15) is 0 Å². The summed E-state index contributed by atoms with van der Waals surface area (Å²) in [6.45, 7) is 0. The second kappa shape index (κ2) is 5.53. The van der Waals surface area contributed by atoms with Crippen molar-refractivity contribution in [1.82, 2.24) is 0 Å². The molecule has 0 atom stereocenters. The lowest BCUT2D eigenvalue weighted by atomic mass is 9.96. The molecule has 0 radical (unpaired) electrons. The van der Waals surface area contributed by atoms with Crippen molar-refractivity contribution < 1.29 is 0 Å². The predicted molar refractivity (Wildman–Crippen MR) is 102 cm³/mol. The third kappa shape index (κ3) is 2.47. The Labute approximate surface area is 146 Å². The summed E-state index contributed by atoms with van der Waals surface area (Å²) in [6.07, 6.45) is 0. The number of halogens is 2. The van der Waals surface area contributed by atoms with Crippen LogP contribution in [0.3, 0.4) is 0 Å². The van der Waals surface area contributed by atoms with Gasteiger partial charge in [0, 0.05) is 8.95 Å². The molecule has 0 aromatic heterocycles. The van der Waals surface area contributed by atoms with Crippen LogP contribution in [0.15, 0.2) is 81.7 Å². The highest BCUT2D eigenvalue weighted by Gasteiger charge is 2.05. The maximum Gasteiger partial charge on any atom is 0.0181 e. The lowest BCUT2D eigenvalue weighted by molar-refractivity contribution is 1.65. The molecule has 0 heterocycles. The summed E-state index contributed by atoms with van der Waals surface area (Å²) in [5, 5.41) is 5.04. The van der Waals surface area contributed by atoms with Crippen molar-refractivity contribution in [2.45, 2.75) is 0 Å². The molecule has 0 saturated heterocycles. The van der Waals surface area contributed by atoms with Gasteiger partial charge in [0.25, 0.3) is 0 Å². The summed E-state index contributed by atoms with van der Waals surface area (Å²) in [5.74, 6) is 0. The number of rotatable bonds is 1. The molecular weight excluding hydrogens is 400 g/mol. The summed E-state index contributed by atoms with van der Waals surface area (Å²) in [4.78, 5) is 0. The Balaban J connectivity index is 1.96. The van der Waals surface area contributed by atoms with Crippen molar-refractivity contribution in [2.24, 2.45) is 0 Å². The highest BCUT2D eigenvalue weighted by molar-refractivity contribution is 9.10. The third-order valence-electron chi connectivity index (χ3n) is 3.96. The normalized spacial score (nSPS) is 11.2. The van der Waals surface area contributed by atoms with Crippen molar-refractivity contribution in [3.05, 3.63) is 81.7 Å². The second-order valence-electron chi connectivity index (χ2n) is 5.38. The molecule has 4 rings (SSSR count). The fourth-order valence-corrected chi connectivity index (χ4v) is 3.65. The molecule has 0 unspecified atom stereocenters. The van der Waals surface area contributed by atoms with Gasteiger partial charge in [0.2, 0.25) is 0 Å². The number of hydrogen-bond donors (Lipinski definition) is 0. The Morgan fingerprint density at radius 3 is 2.09 bits per heavy atom. The lowest BCUT2D eigenvalue weighted by Crippen LogP contribution is -1.82. The summed E-state index contributed by atoms with van der Waals surface area (Å²) in [5.41, 5.74) is 2.53. The minimum absolute atomic E-state index is 1.11. The zero-order valence-corrected chi connectivity index (χ0v) is 14.9. The van der Waals surface area contributed by atoms with Gasteiger partial charge in [0.15, 0.2) is 0 Å². The fourth-order valence-electron chi connectivity index (χ4n) is 2.89. The second-order valence-corrected chi connectivity index (χ2v) is 7.21. The number of fused-ring (bicyclic) bond motifs is 2. The molecule has 2 heteroatoms. The van der Waals surface area contributed by atoms with Crippen LogP contribution < -0.4 is 0 Å². The smallest absolute Gasteiger partial charge is 0.0181 e. The molecule has 0 bridgehead atoms. The Kier molecular flexibility index (Phi) is 3.51. The van der Waals surface area contributed by atoms with E-state index in [1.54, 1.807) is 0 Å². The van der Waals surface area contributed by atoms with Crippen molar-refractivity contribution >= 4 is 53.4 Å². The van der Waals surface area contributed by atoms with E-state index in [-0.39, 0.29) is 0 Å². The average molecular weight is 412 g/mol. The van der Waals surface area contributed by atoms with Gasteiger partial charge in [-0.05, 0) is 63.0 Å². The Morgan fingerprint density at radius 2 is 1.23 bits per heavy atom. The maximum atomic E-state index is 3.55. The molecule has 0 aliphatic rings. The number of hydrogen-bond acceptors (Lipinski definition) is 0. The van der Waals surface area contributed by atoms with E-state index >= 15 is 0 Å². The van der Waals surface area contributed by atoms with Crippen LogP contribution in [0.5, 0.6) is 0 Å². The zero-order valence-electron chi connectivity index (χ0n) is 11.7. The molecule has 22 heavy (non-hydrogen) atoms. The first-order valence-corrected chi connectivity index (χ1v) is 8.67. The largest absolute Gasteiger partial charge is 0.0610 e. The summed E-state index contributed by atoms with van der Waals surface area (Å²) < 4.78 is 2.23. The Hall–Kier alpha value is -1.64. The first kappa shape index (κ1) is 14.0. The number of benzene rings is 4. The van der Waals surface area contributed by atoms with Crippen LogP contribution >= 0.6 is 31.9 Å². The Bertz CT molecular complexity index is 1000. The molecule has 0 aliphatic heterocycles. The van der Waals surface area contributed by atoms with Crippen LogP contribution in [-0.4, -0.2) is 0 Å². The molecule has 0 nitrogen and oxygen atoms in total. The topological polar surface area (TPSA) is 0 Å². The molecule has 0 N–H and O–H groups in total. The molecular formula is C20H12Br2. The molecule has 4 aromatic rings. The van der Waals surface area contributed by atoms with E-state index in [1.165, 1.54) is 32.7 Å². The van der Waals surface area contributed by atoms with Crippen LogP contribution in [0.2, 0.25) is 0 Å². The van der Waals surface area contributed by atoms with Crippen LogP contribution in [0.4, 0.5) is 0 Å². The highest BCUT2D eigenvalue weighted by atomic mass is 79.9. The van der Waals surface area contributed by atoms with Gasteiger partial charge < -0.3 is 0 Å². The van der Waals surface area contributed by atoms with Gasteiger partial charge in [-0.2, -0.15) is 0 Å². The molecule has 0 fully saturated rings. The van der Waals surface area contributed by atoms with Crippen LogP contribution in [0.25, 0.3) is 32.7 Å². The van der Waals surface area contributed by atoms with E-state index in [9.17, 15) is 0 Å².